The summed E-state index contributed by atoms with van der Waals surface area (Å²) in [7, 11) is 0. The summed E-state index contributed by atoms with van der Waals surface area (Å²) < 4.78 is 0. The smallest absolute Gasteiger partial charge is 0.160 e. The predicted octanol–water partition coefficient (Wildman–Crippen LogP) is 8.66. The molecule has 2 aromatic heterocycles. The van der Waals surface area contributed by atoms with Gasteiger partial charge in [-0.05, 0) is 28.8 Å². The number of benzene rings is 5. The molecule has 4 heteroatoms. The SMILES string of the molecule is c1ccc(-c2ccc(-c3nc(-c4cccc(-c5ncnc6c5Cc5ccccc5-6)c4)nc4ccccc34)cc2)cc1. The van der Waals surface area contributed by atoms with Crippen molar-refractivity contribution < 1.29 is 0 Å². The summed E-state index contributed by atoms with van der Waals surface area (Å²) in [6.07, 6.45) is 2.51. The van der Waals surface area contributed by atoms with E-state index in [4.69, 9.17) is 15.0 Å². The third-order valence-electron chi connectivity index (χ3n) is 7.85. The molecule has 1 aliphatic carbocycles. The van der Waals surface area contributed by atoms with Crippen LogP contribution in [-0.4, -0.2) is 19.9 Å². The maximum absolute atomic E-state index is 5.14. The third-order valence-corrected chi connectivity index (χ3v) is 7.85. The van der Waals surface area contributed by atoms with Crippen molar-refractivity contribution in [1.29, 1.82) is 0 Å². The first kappa shape index (κ1) is 23.4. The Balaban J connectivity index is 1.22. The minimum absolute atomic E-state index is 0.696. The van der Waals surface area contributed by atoms with Crippen molar-refractivity contribution in [2.45, 2.75) is 6.42 Å². The highest BCUT2D eigenvalue weighted by Crippen LogP contribution is 2.39. The minimum atomic E-state index is 0.696. The van der Waals surface area contributed by atoms with E-state index >= 15 is 0 Å². The van der Waals surface area contributed by atoms with Crippen LogP contribution in [0.25, 0.3) is 67.2 Å². The maximum atomic E-state index is 5.14. The van der Waals surface area contributed by atoms with Crippen LogP contribution in [0.1, 0.15) is 11.1 Å². The Kier molecular flexibility index (Phi) is 5.49. The second-order valence-electron chi connectivity index (χ2n) is 10.3. The minimum Gasteiger partial charge on any atom is -0.236 e. The lowest BCUT2D eigenvalue weighted by Gasteiger charge is -2.12. The number of hydrogen-bond acceptors (Lipinski definition) is 4. The van der Waals surface area contributed by atoms with Gasteiger partial charge < -0.3 is 0 Å². The zero-order valence-corrected chi connectivity index (χ0v) is 22.2. The molecule has 192 valence electrons. The molecule has 0 saturated carbocycles. The molecule has 8 rings (SSSR count). The van der Waals surface area contributed by atoms with Crippen LogP contribution in [-0.2, 0) is 6.42 Å². The number of fused-ring (bicyclic) bond motifs is 4. The highest BCUT2D eigenvalue weighted by atomic mass is 14.9. The lowest BCUT2D eigenvalue weighted by atomic mass is 10.00. The highest BCUT2D eigenvalue weighted by molar-refractivity contribution is 5.94. The molecular weight excluding hydrogens is 500 g/mol. The number of nitrogens with zero attached hydrogens (tertiary/aromatic N) is 4. The summed E-state index contributed by atoms with van der Waals surface area (Å²) in [5.74, 6) is 0.696. The van der Waals surface area contributed by atoms with E-state index < -0.39 is 0 Å². The number of para-hydroxylation sites is 1. The molecule has 0 aliphatic heterocycles. The Morgan fingerprint density at radius 3 is 2.05 bits per heavy atom. The van der Waals surface area contributed by atoms with Gasteiger partial charge in [0.25, 0.3) is 0 Å². The summed E-state index contributed by atoms with van der Waals surface area (Å²) in [4.78, 5) is 19.5. The zero-order valence-electron chi connectivity index (χ0n) is 22.2. The lowest BCUT2D eigenvalue weighted by Crippen LogP contribution is -1.97. The van der Waals surface area contributed by atoms with Crippen LogP contribution in [0.3, 0.4) is 0 Å². The van der Waals surface area contributed by atoms with E-state index in [1.54, 1.807) is 6.33 Å². The molecule has 0 radical (unpaired) electrons. The molecule has 5 aromatic carbocycles. The molecule has 0 fully saturated rings. The third kappa shape index (κ3) is 4.09. The average molecular weight is 525 g/mol. The first-order valence-corrected chi connectivity index (χ1v) is 13.8. The molecule has 4 nitrogen and oxygen atoms in total. The van der Waals surface area contributed by atoms with Crippen LogP contribution in [0.2, 0.25) is 0 Å². The topological polar surface area (TPSA) is 51.6 Å². The van der Waals surface area contributed by atoms with Crippen LogP contribution in [0.5, 0.6) is 0 Å². The normalized spacial score (nSPS) is 11.8. The molecule has 0 saturated heterocycles. The van der Waals surface area contributed by atoms with E-state index in [9.17, 15) is 0 Å². The molecule has 0 N–H and O–H groups in total. The van der Waals surface area contributed by atoms with E-state index in [1.807, 2.05) is 18.2 Å². The van der Waals surface area contributed by atoms with Crippen LogP contribution in [0.4, 0.5) is 0 Å². The Labute approximate surface area is 238 Å². The van der Waals surface area contributed by atoms with Gasteiger partial charge >= 0.3 is 0 Å². The Hall–Kier alpha value is -5.48. The van der Waals surface area contributed by atoms with Crippen molar-refractivity contribution in [3.8, 4) is 56.3 Å². The molecule has 7 aromatic rings. The molecule has 1 aliphatic rings. The van der Waals surface area contributed by atoms with Gasteiger partial charge in [0, 0.05) is 39.6 Å². The zero-order chi connectivity index (χ0) is 27.2. The van der Waals surface area contributed by atoms with E-state index in [1.165, 1.54) is 27.8 Å². The standard InChI is InChI=1S/C37H24N4/c1-2-9-24(10-3-1)25-17-19-26(20-18-25)35-31-15-6-7-16-33(31)40-37(41-35)29-13-8-12-28(21-29)34-32-22-27-11-4-5-14-30(27)36(32)39-23-38-34/h1-21,23H,22H2. The van der Waals surface area contributed by atoms with E-state index in [-0.39, 0.29) is 0 Å². The second kappa shape index (κ2) is 9.61. The van der Waals surface area contributed by atoms with Gasteiger partial charge in [-0.25, -0.2) is 19.9 Å². The number of rotatable bonds is 4. The maximum Gasteiger partial charge on any atom is 0.160 e. The second-order valence-corrected chi connectivity index (χ2v) is 10.3. The first-order valence-electron chi connectivity index (χ1n) is 13.8. The van der Waals surface area contributed by atoms with Crippen molar-refractivity contribution in [1.82, 2.24) is 19.9 Å². The Morgan fingerprint density at radius 2 is 1.15 bits per heavy atom. The van der Waals surface area contributed by atoms with E-state index in [0.29, 0.717) is 5.82 Å². The van der Waals surface area contributed by atoms with Crippen LogP contribution < -0.4 is 0 Å². The fraction of sp³-hybridized carbons (Fsp3) is 0.0270. The monoisotopic (exact) mass is 524 g/mol. The van der Waals surface area contributed by atoms with E-state index in [2.05, 4.69) is 114 Å². The van der Waals surface area contributed by atoms with Crippen molar-refractivity contribution in [2.75, 3.05) is 0 Å². The van der Waals surface area contributed by atoms with Gasteiger partial charge in [-0.15, -0.1) is 0 Å². The lowest BCUT2D eigenvalue weighted by molar-refractivity contribution is 1.13. The summed E-state index contributed by atoms with van der Waals surface area (Å²) in [6.45, 7) is 0. The molecule has 0 unspecified atom stereocenters. The van der Waals surface area contributed by atoms with Crippen LogP contribution in [0.15, 0.2) is 134 Å². The van der Waals surface area contributed by atoms with Gasteiger partial charge in [0.05, 0.1) is 22.6 Å². The number of hydrogen-bond donors (Lipinski definition) is 0. The van der Waals surface area contributed by atoms with Gasteiger partial charge in [0.15, 0.2) is 5.82 Å². The van der Waals surface area contributed by atoms with Crippen LogP contribution >= 0.6 is 0 Å². The summed E-state index contributed by atoms with van der Waals surface area (Å²) in [6, 6.07) is 44.2. The van der Waals surface area contributed by atoms with Gasteiger partial charge in [-0.1, -0.05) is 115 Å². The van der Waals surface area contributed by atoms with Crippen molar-refractivity contribution in [3.05, 3.63) is 145 Å². The Bertz CT molecular complexity index is 2060. The van der Waals surface area contributed by atoms with Gasteiger partial charge in [0.2, 0.25) is 0 Å². The molecule has 41 heavy (non-hydrogen) atoms. The molecule has 0 atom stereocenters. The summed E-state index contributed by atoms with van der Waals surface area (Å²) in [5, 5.41) is 1.03. The molecule has 0 bridgehead atoms. The fourth-order valence-corrected chi connectivity index (χ4v) is 5.84. The average Bonchev–Trinajstić information content (AvgIpc) is 3.44. The van der Waals surface area contributed by atoms with Gasteiger partial charge in [0.1, 0.15) is 6.33 Å². The van der Waals surface area contributed by atoms with Crippen LogP contribution in [0, 0.1) is 0 Å². The highest BCUT2D eigenvalue weighted by Gasteiger charge is 2.24. The van der Waals surface area contributed by atoms with Crippen molar-refractivity contribution >= 4 is 10.9 Å². The molecule has 0 spiro atoms. The van der Waals surface area contributed by atoms with Gasteiger partial charge in [-0.3, -0.25) is 0 Å². The number of aromatic nitrogens is 4. The molecule has 2 heterocycles. The van der Waals surface area contributed by atoms with E-state index in [0.717, 1.165) is 51.1 Å². The summed E-state index contributed by atoms with van der Waals surface area (Å²) in [5.41, 5.74) is 12.9. The molecule has 0 amide bonds. The van der Waals surface area contributed by atoms with Crippen molar-refractivity contribution in [3.63, 3.8) is 0 Å². The largest absolute Gasteiger partial charge is 0.236 e. The first-order chi connectivity index (χ1) is 20.3. The quantitative estimate of drug-likeness (QED) is 0.231. The summed E-state index contributed by atoms with van der Waals surface area (Å²) >= 11 is 0. The Morgan fingerprint density at radius 1 is 0.463 bits per heavy atom. The van der Waals surface area contributed by atoms with Gasteiger partial charge in [-0.2, -0.15) is 0 Å². The predicted molar refractivity (Wildman–Crippen MR) is 165 cm³/mol. The fourth-order valence-electron chi connectivity index (χ4n) is 5.84. The van der Waals surface area contributed by atoms with Crippen molar-refractivity contribution in [2.24, 2.45) is 0 Å². The molecular formula is C37H24N4.